The highest BCUT2D eigenvalue weighted by molar-refractivity contribution is 5.81. The fourth-order valence-electron chi connectivity index (χ4n) is 2.55. The lowest BCUT2D eigenvalue weighted by atomic mass is 9.96. The van der Waals surface area contributed by atoms with Gasteiger partial charge in [0.05, 0.1) is 12.1 Å². The van der Waals surface area contributed by atoms with E-state index in [1.165, 1.54) is 0 Å². The van der Waals surface area contributed by atoms with Crippen LogP contribution in [0, 0.1) is 5.92 Å². The van der Waals surface area contributed by atoms with E-state index in [1.807, 2.05) is 0 Å². The normalized spacial score (nSPS) is 34.9. The molecule has 2 rings (SSSR count). The van der Waals surface area contributed by atoms with Gasteiger partial charge in [0.1, 0.15) is 0 Å². The number of hydrogen-bond acceptors (Lipinski definition) is 3. The Labute approximate surface area is 97.1 Å². The van der Waals surface area contributed by atoms with Crippen LogP contribution >= 0.6 is 0 Å². The highest BCUT2D eigenvalue weighted by Crippen LogP contribution is 2.19. The fourth-order valence-corrected chi connectivity index (χ4v) is 2.55. The van der Waals surface area contributed by atoms with Gasteiger partial charge in [0.15, 0.2) is 0 Å². The second kappa shape index (κ2) is 5.64. The Bertz CT molecular complexity index is 239. The van der Waals surface area contributed by atoms with E-state index in [9.17, 15) is 4.79 Å². The Morgan fingerprint density at radius 1 is 1.50 bits per heavy atom. The van der Waals surface area contributed by atoms with E-state index in [1.54, 1.807) is 0 Å². The minimum Gasteiger partial charge on any atom is -0.378 e. The van der Waals surface area contributed by atoms with Crippen molar-refractivity contribution in [1.82, 2.24) is 10.6 Å². The third kappa shape index (κ3) is 3.19. The van der Waals surface area contributed by atoms with Crippen LogP contribution in [0.1, 0.15) is 32.6 Å². The molecule has 0 saturated carbocycles. The maximum absolute atomic E-state index is 11.8. The molecule has 2 saturated heterocycles. The summed E-state index contributed by atoms with van der Waals surface area (Å²) in [5.41, 5.74) is 0. The molecule has 92 valence electrons. The van der Waals surface area contributed by atoms with Crippen LogP contribution < -0.4 is 10.6 Å². The van der Waals surface area contributed by atoms with Gasteiger partial charge in [-0.25, -0.2) is 0 Å². The summed E-state index contributed by atoms with van der Waals surface area (Å²) in [7, 11) is 0. The van der Waals surface area contributed by atoms with Crippen molar-refractivity contribution in [2.45, 2.75) is 44.8 Å². The number of rotatable bonds is 3. The molecule has 0 aromatic rings. The molecule has 0 bridgehead atoms. The zero-order valence-corrected chi connectivity index (χ0v) is 10.00. The largest absolute Gasteiger partial charge is 0.378 e. The number of carbonyl (C=O) groups is 1. The second-order valence-corrected chi connectivity index (χ2v) is 4.97. The molecule has 0 aromatic carbocycles. The van der Waals surface area contributed by atoms with Gasteiger partial charge in [-0.2, -0.15) is 0 Å². The van der Waals surface area contributed by atoms with Crippen molar-refractivity contribution in [1.29, 1.82) is 0 Å². The van der Waals surface area contributed by atoms with Crippen LogP contribution in [-0.2, 0) is 9.53 Å². The lowest BCUT2D eigenvalue weighted by Gasteiger charge is -2.27. The Kier molecular flexibility index (Phi) is 4.18. The highest BCUT2D eigenvalue weighted by Gasteiger charge is 2.24. The summed E-state index contributed by atoms with van der Waals surface area (Å²) in [4.78, 5) is 11.8. The maximum atomic E-state index is 11.8. The first kappa shape index (κ1) is 11.9. The number of hydrogen-bond donors (Lipinski definition) is 2. The lowest BCUT2D eigenvalue weighted by Crippen LogP contribution is -2.43. The van der Waals surface area contributed by atoms with Gasteiger partial charge < -0.3 is 15.4 Å². The van der Waals surface area contributed by atoms with Gasteiger partial charge >= 0.3 is 0 Å². The van der Waals surface area contributed by atoms with Crippen molar-refractivity contribution in [3.63, 3.8) is 0 Å². The third-order valence-electron chi connectivity index (χ3n) is 3.54. The molecule has 0 aromatic heterocycles. The Morgan fingerprint density at radius 2 is 2.38 bits per heavy atom. The molecule has 16 heavy (non-hydrogen) atoms. The van der Waals surface area contributed by atoms with Crippen molar-refractivity contribution < 1.29 is 9.53 Å². The molecule has 2 heterocycles. The molecule has 0 aliphatic carbocycles. The topological polar surface area (TPSA) is 50.4 Å². The van der Waals surface area contributed by atoms with E-state index in [2.05, 4.69) is 17.6 Å². The molecule has 0 spiro atoms. The van der Waals surface area contributed by atoms with Gasteiger partial charge in [0.25, 0.3) is 0 Å². The van der Waals surface area contributed by atoms with E-state index >= 15 is 0 Å². The minimum absolute atomic E-state index is 0.0530. The van der Waals surface area contributed by atoms with Crippen LogP contribution in [0.4, 0.5) is 0 Å². The smallest absolute Gasteiger partial charge is 0.237 e. The molecule has 2 fully saturated rings. The lowest BCUT2D eigenvalue weighted by molar-refractivity contribution is -0.123. The van der Waals surface area contributed by atoms with Gasteiger partial charge in [0.2, 0.25) is 5.91 Å². The zero-order chi connectivity index (χ0) is 11.4. The van der Waals surface area contributed by atoms with Gasteiger partial charge in [-0.1, -0.05) is 0 Å². The van der Waals surface area contributed by atoms with E-state index in [4.69, 9.17) is 4.74 Å². The Hall–Kier alpha value is -0.610. The van der Waals surface area contributed by atoms with Crippen molar-refractivity contribution in [3.05, 3.63) is 0 Å². The molecule has 3 atom stereocenters. The standard InChI is InChI=1S/C12H22N2O2/c1-9-7-10(4-6-16-9)8-14-12(15)11-3-2-5-13-11/h9-11,13H,2-8H2,1H3,(H,14,15). The maximum Gasteiger partial charge on any atom is 0.237 e. The van der Waals surface area contributed by atoms with Crippen molar-refractivity contribution in [3.8, 4) is 0 Å². The quantitative estimate of drug-likeness (QED) is 0.743. The van der Waals surface area contributed by atoms with E-state index in [0.29, 0.717) is 12.0 Å². The number of ether oxygens (including phenoxy) is 1. The monoisotopic (exact) mass is 226 g/mol. The average Bonchev–Trinajstić information content (AvgIpc) is 2.79. The number of nitrogens with one attached hydrogen (secondary N) is 2. The van der Waals surface area contributed by atoms with Gasteiger partial charge in [0, 0.05) is 13.2 Å². The number of carbonyl (C=O) groups excluding carboxylic acids is 1. The van der Waals surface area contributed by atoms with Crippen LogP contribution in [-0.4, -0.2) is 37.7 Å². The minimum atomic E-state index is 0.0530. The highest BCUT2D eigenvalue weighted by atomic mass is 16.5. The van der Waals surface area contributed by atoms with E-state index in [-0.39, 0.29) is 11.9 Å². The van der Waals surface area contributed by atoms with Gasteiger partial charge in [-0.05, 0) is 45.1 Å². The summed E-state index contributed by atoms with van der Waals surface area (Å²) in [5, 5.41) is 6.27. The molecule has 4 nitrogen and oxygen atoms in total. The predicted octanol–water partition coefficient (Wildman–Crippen LogP) is 0.670. The van der Waals surface area contributed by atoms with Crippen molar-refractivity contribution in [2.75, 3.05) is 19.7 Å². The molecule has 2 N–H and O–H groups in total. The summed E-state index contributed by atoms with van der Waals surface area (Å²) >= 11 is 0. The van der Waals surface area contributed by atoms with Crippen LogP contribution in [0.15, 0.2) is 0 Å². The predicted molar refractivity (Wildman–Crippen MR) is 62.2 cm³/mol. The number of amides is 1. The molecule has 2 aliphatic rings. The molecule has 3 unspecified atom stereocenters. The van der Waals surface area contributed by atoms with Crippen molar-refractivity contribution in [2.24, 2.45) is 5.92 Å². The van der Waals surface area contributed by atoms with Crippen LogP contribution in [0.2, 0.25) is 0 Å². The molecule has 0 radical (unpaired) electrons. The summed E-state index contributed by atoms with van der Waals surface area (Å²) in [6.07, 6.45) is 4.59. The summed E-state index contributed by atoms with van der Waals surface area (Å²) in [6.45, 7) is 4.73. The molecular formula is C12H22N2O2. The SMILES string of the molecule is CC1CC(CNC(=O)C2CCCN2)CCO1. The van der Waals surface area contributed by atoms with Gasteiger partial charge in [-0.15, -0.1) is 0 Å². The van der Waals surface area contributed by atoms with Crippen molar-refractivity contribution >= 4 is 5.91 Å². The average molecular weight is 226 g/mol. The summed E-state index contributed by atoms with van der Waals surface area (Å²) < 4.78 is 5.49. The molecule has 4 heteroatoms. The fraction of sp³-hybridized carbons (Fsp3) is 0.917. The molecular weight excluding hydrogens is 204 g/mol. The van der Waals surface area contributed by atoms with E-state index in [0.717, 1.165) is 45.4 Å². The van der Waals surface area contributed by atoms with Crippen LogP contribution in [0.3, 0.4) is 0 Å². The van der Waals surface area contributed by atoms with Crippen LogP contribution in [0.25, 0.3) is 0 Å². The Morgan fingerprint density at radius 3 is 3.06 bits per heavy atom. The Balaban J connectivity index is 1.67. The molecule has 2 aliphatic heterocycles. The second-order valence-electron chi connectivity index (χ2n) is 4.97. The van der Waals surface area contributed by atoms with E-state index < -0.39 is 0 Å². The third-order valence-corrected chi connectivity index (χ3v) is 3.54. The summed E-state index contributed by atoms with van der Waals surface area (Å²) in [5.74, 6) is 0.769. The molecule has 1 amide bonds. The summed E-state index contributed by atoms with van der Waals surface area (Å²) in [6, 6.07) is 0.0530. The first-order chi connectivity index (χ1) is 7.75. The first-order valence-corrected chi connectivity index (χ1v) is 6.38. The van der Waals surface area contributed by atoms with Crippen LogP contribution in [0.5, 0.6) is 0 Å². The first-order valence-electron chi connectivity index (χ1n) is 6.38. The van der Waals surface area contributed by atoms with Gasteiger partial charge in [-0.3, -0.25) is 4.79 Å². The zero-order valence-electron chi connectivity index (χ0n) is 10.00.